The predicted octanol–water partition coefficient (Wildman–Crippen LogP) is 3.01. The van der Waals surface area contributed by atoms with Gasteiger partial charge in [-0.25, -0.2) is 14.6 Å². The molecule has 3 heterocycles. The second-order valence-electron chi connectivity index (χ2n) is 8.33. The summed E-state index contributed by atoms with van der Waals surface area (Å²) in [5, 5.41) is 11.3. The molecule has 0 saturated carbocycles. The van der Waals surface area contributed by atoms with Crippen molar-refractivity contribution in [1.29, 1.82) is 0 Å². The molecule has 2 aromatic rings. The highest BCUT2D eigenvalue weighted by Gasteiger charge is 2.43. The van der Waals surface area contributed by atoms with Crippen molar-refractivity contribution in [3.8, 4) is 11.6 Å². The smallest absolute Gasteiger partial charge is 0.411 e. The second-order valence-corrected chi connectivity index (χ2v) is 8.33. The van der Waals surface area contributed by atoms with Crippen LogP contribution >= 0.6 is 0 Å². The summed E-state index contributed by atoms with van der Waals surface area (Å²) in [5.74, 6) is 0.167. The van der Waals surface area contributed by atoms with Gasteiger partial charge in [0.25, 0.3) is 0 Å². The number of aliphatic carboxylic acids is 1. The van der Waals surface area contributed by atoms with E-state index in [-0.39, 0.29) is 13.0 Å². The van der Waals surface area contributed by atoms with Gasteiger partial charge in [-0.15, -0.1) is 0 Å². The lowest BCUT2D eigenvalue weighted by atomic mass is 10.1. The van der Waals surface area contributed by atoms with E-state index in [0.29, 0.717) is 12.5 Å². The summed E-state index contributed by atoms with van der Waals surface area (Å²) in [6, 6.07) is 4.83. The molecule has 8 heteroatoms. The SMILES string of the molecule is CC(C)(C)OC(=O)N1C[C@H](Oc2nccc3c4c(ccc23)CCO4)C[C@H]1C(=O)O. The molecule has 1 fully saturated rings. The molecule has 29 heavy (non-hydrogen) atoms. The standard InChI is InChI=1S/C21H24N2O6/c1-21(2,3)29-20(26)23-11-13(10-16(23)19(24)25)28-18-15-5-4-12-7-9-27-17(12)14(15)6-8-22-18/h4-6,8,13,16H,7,9-11H2,1-3H3,(H,24,25)/t13-,16+/m1/s1. The summed E-state index contributed by atoms with van der Waals surface area (Å²) in [6.07, 6.45) is 1.52. The molecular formula is C21H24N2O6. The largest absolute Gasteiger partial charge is 0.492 e. The number of aromatic nitrogens is 1. The number of carbonyl (C=O) groups is 2. The van der Waals surface area contributed by atoms with Crippen molar-refractivity contribution in [1.82, 2.24) is 9.88 Å². The third-order valence-electron chi connectivity index (χ3n) is 5.01. The van der Waals surface area contributed by atoms with Gasteiger partial charge in [-0.2, -0.15) is 0 Å². The van der Waals surface area contributed by atoms with Crippen LogP contribution in [0.5, 0.6) is 11.6 Å². The topological polar surface area (TPSA) is 98.2 Å². The third kappa shape index (κ3) is 3.79. The van der Waals surface area contributed by atoms with E-state index in [1.165, 1.54) is 4.90 Å². The summed E-state index contributed by atoms with van der Waals surface area (Å²) in [6.45, 7) is 5.99. The fraction of sp³-hybridized carbons (Fsp3) is 0.476. The first-order chi connectivity index (χ1) is 13.7. The van der Waals surface area contributed by atoms with E-state index in [9.17, 15) is 14.7 Å². The van der Waals surface area contributed by atoms with Crippen molar-refractivity contribution >= 4 is 22.8 Å². The van der Waals surface area contributed by atoms with Crippen LogP contribution in [0.4, 0.5) is 4.79 Å². The second kappa shape index (κ2) is 7.09. The molecular weight excluding hydrogens is 376 g/mol. The highest BCUT2D eigenvalue weighted by Crippen LogP contribution is 2.37. The lowest BCUT2D eigenvalue weighted by Gasteiger charge is -2.26. The zero-order valence-electron chi connectivity index (χ0n) is 16.7. The molecule has 154 valence electrons. The Labute approximate surface area is 168 Å². The highest BCUT2D eigenvalue weighted by atomic mass is 16.6. The Balaban J connectivity index is 1.57. The molecule has 0 unspecified atom stereocenters. The maximum Gasteiger partial charge on any atom is 0.411 e. The number of benzene rings is 1. The number of carboxylic acid groups (broad SMARTS) is 1. The molecule has 1 N–H and O–H groups in total. The normalized spacial score (nSPS) is 21.0. The molecule has 2 aliphatic rings. The minimum atomic E-state index is -1.08. The number of fused-ring (bicyclic) bond motifs is 3. The molecule has 0 spiro atoms. The number of hydrogen-bond acceptors (Lipinski definition) is 6. The Morgan fingerprint density at radius 2 is 2.03 bits per heavy atom. The van der Waals surface area contributed by atoms with Gasteiger partial charge in [-0.3, -0.25) is 4.90 Å². The van der Waals surface area contributed by atoms with Crippen LogP contribution in [-0.4, -0.2) is 58.0 Å². The van der Waals surface area contributed by atoms with Crippen molar-refractivity contribution in [3.05, 3.63) is 30.0 Å². The van der Waals surface area contributed by atoms with E-state index in [1.807, 2.05) is 18.2 Å². The van der Waals surface area contributed by atoms with E-state index in [2.05, 4.69) is 4.98 Å². The van der Waals surface area contributed by atoms with E-state index < -0.39 is 29.8 Å². The maximum absolute atomic E-state index is 12.5. The van der Waals surface area contributed by atoms with E-state index >= 15 is 0 Å². The first-order valence-electron chi connectivity index (χ1n) is 9.65. The predicted molar refractivity (Wildman–Crippen MR) is 104 cm³/mol. The van der Waals surface area contributed by atoms with E-state index in [0.717, 1.165) is 28.5 Å². The quantitative estimate of drug-likeness (QED) is 0.846. The fourth-order valence-electron chi connectivity index (χ4n) is 3.77. The number of ether oxygens (including phenoxy) is 3. The Morgan fingerprint density at radius 1 is 1.24 bits per heavy atom. The number of likely N-dealkylation sites (tertiary alicyclic amines) is 1. The summed E-state index contributed by atoms with van der Waals surface area (Å²) in [4.78, 5) is 29.7. The molecule has 1 aromatic carbocycles. The molecule has 4 rings (SSSR count). The van der Waals surface area contributed by atoms with Gasteiger partial charge in [0.1, 0.15) is 23.5 Å². The Morgan fingerprint density at radius 3 is 2.76 bits per heavy atom. The number of carboxylic acids is 1. The minimum Gasteiger partial charge on any atom is -0.492 e. The Bertz CT molecular complexity index is 968. The van der Waals surface area contributed by atoms with Crippen molar-refractivity contribution in [2.24, 2.45) is 0 Å². The summed E-state index contributed by atoms with van der Waals surface area (Å²) in [5.41, 5.74) is 0.439. The molecule has 2 atom stereocenters. The average molecular weight is 400 g/mol. The molecule has 8 nitrogen and oxygen atoms in total. The first-order valence-corrected chi connectivity index (χ1v) is 9.65. The Hall–Kier alpha value is -3.03. The average Bonchev–Trinajstić information content (AvgIpc) is 3.27. The van der Waals surface area contributed by atoms with Crippen LogP contribution in [0.15, 0.2) is 24.4 Å². The van der Waals surface area contributed by atoms with Crippen LogP contribution in [-0.2, 0) is 16.0 Å². The summed E-state index contributed by atoms with van der Waals surface area (Å²) in [7, 11) is 0. The summed E-state index contributed by atoms with van der Waals surface area (Å²) >= 11 is 0. The van der Waals surface area contributed by atoms with Gasteiger partial charge in [0.2, 0.25) is 5.88 Å². The van der Waals surface area contributed by atoms with Gasteiger partial charge >= 0.3 is 12.1 Å². The molecule has 0 aliphatic carbocycles. The van der Waals surface area contributed by atoms with E-state index in [1.54, 1.807) is 27.0 Å². The molecule has 0 radical (unpaired) electrons. The highest BCUT2D eigenvalue weighted by molar-refractivity contribution is 5.93. The fourth-order valence-corrected chi connectivity index (χ4v) is 3.77. The molecule has 2 aliphatic heterocycles. The van der Waals surface area contributed by atoms with Gasteiger partial charge in [0.15, 0.2) is 0 Å². The minimum absolute atomic E-state index is 0.116. The monoisotopic (exact) mass is 400 g/mol. The third-order valence-corrected chi connectivity index (χ3v) is 5.01. The van der Waals surface area contributed by atoms with Gasteiger partial charge < -0.3 is 19.3 Å². The van der Waals surface area contributed by atoms with Crippen LogP contribution in [0.25, 0.3) is 10.8 Å². The molecule has 1 saturated heterocycles. The zero-order valence-corrected chi connectivity index (χ0v) is 16.7. The van der Waals surface area contributed by atoms with Crippen LogP contribution < -0.4 is 9.47 Å². The van der Waals surface area contributed by atoms with Crippen LogP contribution in [0, 0.1) is 0 Å². The Kier molecular flexibility index (Phi) is 4.72. The number of hydrogen-bond donors (Lipinski definition) is 1. The molecule has 1 aromatic heterocycles. The van der Waals surface area contributed by atoms with Gasteiger partial charge in [0.05, 0.1) is 13.2 Å². The number of rotatable bonds is 3. The lowest BCUT2D eigenvalue weighted by Crippen LogP contribution is -2.43. The number of pyridine rings is 1. The van der Waals surface area contributed by atoms with Crippen molar-refractivity contribution in [2.75, 3.05) is 13.2 Å². The van der Waals surface area contributed by atoms with Crippen molar-refractivity contribution in [3.63, 3.8) is 0 Å². The zero-order chi connectivity index (χ0) is 20.8. The van der Waals surface area contributed by atoms with Gasteiger partial charge in [0, 0.05) is 29.8 Å². The van der Waals surface area contributed by atoms with Crippen molar-refractivity contribution < 1.29 is 28.9 Å². The molecule has 0 bridgehead atoms. The number of amides is 1. The number of nitrogens with zero attached hydrogens (tertiary/aromatic N) is 2. The van der Waals surface area contributed by atoms with Crippen LogP contribution in [0.1, 0.15) is 32.8 Å². The summed E-state index contributed by atoms with van der Waals surface area (Å²) < 4.78 is 17.2. The lowest BCUT2D eigenvalue weighted by molar-refractivity contribution is -0.142. The van der Waals surface area contributed by atoms with Gasteiger partial charge in [-0.1, -0.05) is 6.07 Å². The van der Waals surface area contributed by atoms with Crippen molar-refractivity contribution in [2.45, 2.75) is 51.4 Å². The maximum atomic E-state index is 12.5. The first kappa shape index (κ1) is 19.3. The van der Waals surface area contributed by atoms with Crippen LogP contribution in [0.3, 0.4) is 0 Å². The molecule has 1 amide bonds. The number of carbonyl (C=O) groups excluding carboxylic acids is 1. The van der Waals surface area contributed by atoms with Crippen LogP contribution in [0.2, 0.25) is 0 Å². The van der Waals surface area contributed by atoms with E-state index in [4.69, 9.17) is 14.2 Å². The van der Waals surface area contributed by atoms with Gasteiger partial charge in [-0.05, 0) is 38.5 Å².